The Morgan fingerprint density at radius 1 is 1.20 bits per heavy atom. The molecule has 2 saturated heterocycles. The van der Waals surface area contributed by atoms with Crippen LogP contribution in [0.25, 0.3) is 0 Å². The summed E-state index contributed by atoms with van der Waals surface area (Å²) in [5.41, 5.74) is 0.173. The van der Waals surface area contributed by atoms with Gasteiger partial charge in [0.05, 0.1) is 0 Å². The second-order valence-corrected chi connectivity index (χ2v) is 8.89. The molecule has 1 aromatic rings. The van der Waals surface area contributed by atoms with Crippen LogP contribution in [0.4, 0.5) is 4.79 Å². The smallest absolute Gasteiger partial charge is 0.408 e. The number of carbonyl (C=O) groups is 3. The van der Waals surface area contributed by atoms with Gasteiger partial charge in [-0.15, -0.1) is 0 Å². The molecule has 2 heterocycles. The molecule has 0 aliphatic carbocycles. The van der Waals surface area contributed by atoms with Gasteiger partial charge in [-0.2, -0.15) is 0 Å². The third kappa shape index (κ3) is 5.11. The Morgan fingerprint density at radius 2 is 1.90 bits per heavy atom. The van der Waals surface area contributed by atoms with Crippen molar-refractivity contribution in [3.63, 3.8) is 0 Å². The highest BCUT2D eigenvalue weighted by Gasteiger charge is 2.50. The summed E-state index contributed by atoms with van der Waals surface area (Å²) in [7, 11) is 0. The molecule has 3 rings (SSSR count). The molecule has 2 N–H and O–H groups in total. The number of benzene rings is 1. The van der Waals surface area contributed by atoms with Gasteiger partial charge in [0.1, 0.15) is 24.3 Å². The van der Waals surface area contributed by atoms with Gasteiger partial charge in [-0.3, -0.25) is 4.79 Å². The molecule has 30 heavy (non-hydrogen) atoms. The number of aliphatic hydroxyl groups excluding tert-OH is 1. The van der Waals surface area contributed by atoms with Crippen LogP contribution in [0.15, 0.2) is 30.3 Å². The molecule has 2 aliphatic heterocycles. The maximum atomic E-state index is 13.2. The third-order valence-corrected chi connectivity index (χ3v) is 5.47. The van der Waals surface area contributed by atoms with Crippen molar-refractivity contribution in [2.24, 2.45) is 5.92 Å². The summed E-state index contributed by atoms with van der Waals surface area (Å²) >= 11 is 0. The minimum Gasteiger partial charge on any atom is -0.458 e. The second kappa shape index (κ2) is 9.04. The molecule has 0 bridgehead atoms. The summed E-state index contributed by atoms with van der Waals surface area (Å²) in [5.74, 6) is -1.25. The van der Waals surface area contributed by atoms with E-state index in [0.717, 1.165) is 5.56 Å². The van der Waals surface area contributed by atoms with Gasteiger partial charge < -0.3 is 24.8 Å². The van der Waals surface area contributed by atoms with Crippen LogP contribution in [0.1, 0.15) is 45.6 Å². The highest BCUT2D eigenvalue weighted by Crippen LogP contribution is 2.36. The first-order chi connectivity index (χ1) is 14.2. The minimum atomic E-state index is -0.947. The van der Waals surface area contributed by atoms with Gasteiger partial charge in [0.2, 0.25) is 5.91 Å². The van der Waals surface area contributed by atoms with Crippen molar-refractivity contribution in [1.29, 1.82) is 0 Å². The van der Waals surface area contributed by atoms with E-state index in [1.807, 2.05) is 30.3 Å². The predicted molar refractivity (Wildman–Crippen MR) is 108 cm³/mol. The van der Waals surface area contributed by atoms with E-state index in [9.17, 15) is 19.5 Å². The van der Waals surface area contributed by atoms with Gasteiger partial charge in [-0.1, -0.05) is 30.3 Å². The number of amides is 2. The molecule has 0 radical (unpaired) electrons. The monoisotopic (exact) mass is 418 g/mol. The van der Waals surface area contributed by atoms with Crippen molar-refractivity contribution < 1.29 is 29.0 Å². The molecular weight excluding hydrogens is 388 g/mol. The molecule has 8 nitrogen and oxygen atoms in total. The number of nitrogens with one attached hydrogen (secondary N) is 1. The van der Waals surface area contributed by atoms with Crippen molar-refractivity contribution in [3.8, 4) is 0 Å². The van der Waals surface area contributed by atoms with E-state index >= 15 is 0 Å². The summed E-state index contributed by atoms with van der Waals surface area (Å²) in [4.78, 5) is 39.7. The van der Waals surface area contributed by atoms with E-state index in [-0.39, 0.29) is 25.2 Å². The van der Waals surface area contributed by atoms with E-state index < -0.39 is 35.7 Å². The summed E-state index contributed by atoms with van der Waals surface area (Å²) in [6, 6.07) is 7.44. The molecule has 0 unspecified atom stereocenters. The Hall–Kier alpha value is -2.61. The molecule has 2 aliphatic rings. The lowest BCUT2D eigenvalue weighted by Crippen LogP contribution is -2.62. The summed E-state index contributed by atoms with van der Waals surface area (Å²) in [5, 5.41) is 12.4. The third-order valence-electron chi connectivity index (χ3n) is 5.47. The topological polar surface area (TPSA) is 105 Å². The Balaban J connectivity index is 1.67. The number of hydrogen-bond donors (Lipinski definition) is 2. The second-order valence-electron chi connectivity index (χ2n) is 8.89. The van der Waals surface area contributed by atoms with Crippen molar-refractivity contribution >= 4 is 18.0 Å². The lowest BCUT2D eigenvalue weighted by molar-refractivity contribution is -0.166. The van der Waals surface area contributed by atoms with Gasteiger partial charge in [-0.05, 0) is 45.6 Å². The van der Waals surface area contributed by atoms with Crippen LogP contribution in [-0.2, 0) is 25.7 Å². The van der Waals surface area contributed by atoms with Gasteiger partial charge in [0.15, 0.2) is 0 Å². The number of rotatable bonds is 5. The quantitative estimate of drug-likeness (QED) is 0.709. The van der Waals surface area contributed by atoms with Crippen molar-refractivity contribution in [3.05, 3.63) is 35.9 Å². The van der Waals surface area contributed by atoms with E-state index in [4.69, 9.17) is 9.47 Å². The van der Waals surface area contributed by atoms with E-state index in [1.54, 1.807) is 20.8 Å². The zero-order valence-electron chi connectivity index (χ0n) is 17.7. The lowest BCUT2D eigenvalue weighted by atomic mass is 9.87. The summed E-state index contributed by atoms with van der Waals surface area (Å²) < 4.78 is 10.7. The number of aliphatic hydroxyl groups is 1. The molecular formula is C22H30N2O6. The first-order valence-corrected chi connectivity index (χ1v) is 10.3. The Morgan fingerprint density at radius 3 is 2.53 bits per heavy atom. The highest BCUT2D eigenvalue weighted by atomic mass is 16.6. The molecule has 2 fully saturated rings. The molecule has 0 aromatic heterocycles. The number of alkyl carbamates (subject to hydrolysis) is 1. The van der Waals surface area contributed by atoms with E-state index in [1.165, 1.54) is 4.90 Å². The molecule has 8 heteroatoms. The largest absolute Gasteiger partial charge is 0.458 e. The van der Waals surface area contributed by atoms with Crippen LogP contribution in [0, 0.1) is 5.92 Å². The fourth-order valence-corrected chi connectivity index (χ4v) is 4.15. The van der Waals surface area contributed by atoms with Crippen LogP contribution >= 0.6 is 0 Å². The van der Waals surface area contributed by atoms with Crippen LogP contribution in [0.2, 0.25) is 0 Å². The zero-order valence-corrected chi connectivity index (χ0v) is 17.7. The van der Waals surface area contributed by atoms with Crippen LogP contribution in [-0.4, -0.2) is 58.3 Å². The molecule has 1 aromatic carbocycles. The SMILES string of the molecule is CC(C)(C)OC(=O)[C@@H]1CC[C@@H]2C[C@H](CO)[C@H](NC(=O)OCc3ccccc3)C(=O)N21. The maximum absolute atomic E-state index is 13.2. The van der Waals surface area contributed by atoms with Gasteiger partial charge >= 0.3 is 12.1 Å². The fraction of sp³-hybridized carbons (Fsp3) is 0.591. The Kier molecular flexibility index (Phi) is 6.65. The summed E-state index contributed by atoms with van der Waals surface area (Å²) in [6.07, 6.45) is 0.944. The number of ether oxygens (including phenoxy) is 2. The normalized spacial score (nSPS) is 26.1. The standard InChI is InChI=1S/C22H30N2O6/c1-22(2,3)30-20(27)17-10-9-16-11-15(12-25)18(19(26)24(16)17)23-21(28)29-13-14-7-5-4-6-8-14/h4-8,15-18,25H,9-13H2,1-3H3,(H,23,28)/t15-,16-,17+,18+/m1/s1. The van der Waals surface area contributed by atoms with Gasteiger partial charge in [0.25, 0.3) is 0 Å². The van der Waals surface area contributed by atoms with Crippen LogP contribution in [0.5, 0.6) is 0 Å². The number of fused-ring (bicyclic) bond motifs is 1. The average Bonchev–Trinajstić information content (AvgIpc) is 3.12. The fourth-order valence-electron chi connectivity index (χ4n) is 4.15. The number of esters is 1. The van der Waals surface area contributed by atoms with Crippen LogP contribution in [0.3, 0.4) is 0 Å². The Bertz CT molecular complexity index is 776. The Labute approximate surface area is 176 Å². The van der Waals surface area contributed by atoms with E-state index in [0.29, 0.717) is 19.3 Å². The van der Waals surface area contributed by atoms with Crippen molar-refractivity contribution in [2.75, 3.05) is 6.61 Å². The summed E-state index contributed by atoms with van der Waals surface area (Å²) in [6.45, 7) is 5.18. The number of carbonyl (C=O) groups excluding carboxylic acids is 3. The zero-order chi connectivity index (χ0) is 21.9. The lowest BCUT2D eigenvalue weighted by Gasteiger charge is -2.41. The maximum Gasteiger partial charge on any atom is 0.408 e. The van der Waals surface area contributed by atoms with Crippen LogP contribution < -0.4 is 5.32 Å². The minimum absolute atomic E-state index is 0.0737. The highest BCUT2D eigenvalue weighted by molar-refractivity contribution is 5.91. The molecule has 2 amide bonds. The number of nitrogens with zero attached hydrogens (tertiary/aromatic N) is 1. The average molecular weight is 418 g/mol. The molecule has 4 atom stereocenters. The number of hydrogen-bond acceptors (Lipinski definition) is 6. The van der Waals surface area contributed by atoms with Gasteiger partial charge in [0, 0.05) is 18.6 Å². The number of piperidine rings is 1. The first kappa shape index (κ1) is 22.1. The van der Waals surface area contributed by atoms with Gasteiger partial charge in [-0.25, -0.2) is 9.59 Å². The van der Waals surface area contributed by atoms with Crippen molar-refractivity contribution in [1.82, 2.24) is 10.2 Å². The predicted octanol–water partition coefficient (Wildman–Crippen LogP) is 1.99. The molecule has 0 saturated carbocycles. The molecule has 164 valence electrons. The van der Waals surface area contributed by atoms with Crippen molar-refractivity contribution in [2.45, 2.75) is 70.4 Å². The van der Waals surface area contributed by atoms with E-state index in [2.05, 4.69) is 5.32 Å². The first-order valence-electron chi connectivity index (χ1n) is 10.3. The molecule has 0 spiro atoms.